The molecule has 0 saturated carbocycles. The molecule has 2 aromatic carbocycles. The number of furan rings is 1. The topological polar surface area (TPSA) is 51.8 Å². The molecule has 5 aromatic heterocycles. The van der Waals surface area contributed by atoms with Crippen molar-refractivity contribution in [2.24, 2.45) is 0 Å². The van der Waals surface area contributed by atoms with E-state index in [0.29, 0.717) is 5.71 Å². The van der Waals surface area contributed by atoms with Gasteiger partial charge in [-0.05, 0) is 67.7 Å². The summed E-state index contributed by atoms with van der Waals surface area (Å²) in [6.07, 6.45) is 3.82. The minimum atomic E-state index is 0. The number of hydrogen-bond acceptors (Lipinski definition) is 5. The molecule has 0 amide bonds. The number of pyridine rings is 3. The maximum Gasteiger partial charge on any atom is 0.216 e. The molecule has 0 bridgehead atoms. The Morgan fingerprint density at radius 2 is 1.62 bits per heavy atom. The molecule has 0 saturated heterocycles. The Balaban J connectivity index is 0.000000187. The first kappa shape index (κ1) is 26.9. The van der Waals surface area contributed by atoms with Gasteiger partial charge in [0.15, 0.2) is 0 Å². The third-order valence-corrected chi connectivity index (χ3v) is 7.81. The molecule has 0 unspecified atom stereocenters. The first-order valence-corrected chi connectivity index (χ1v) is 13.3. The molecule has 7 rings (SSSR count). The van der Waals surface area contributed by atoms with Gasteiger partial charge in [0.2, 0.25) is 5.71 Å². The summed E-state index contributed by atoms with van der Waals surface area (Å²) in [6.45, 7) is 8.32. The van der Waals surface area contributed by atoms with E-state index in [9.17, 15) is 0 Å². The number of thiophene rings is 1. The molecule has 1 radical (unpaired) electrons. The standard InChI is InChI=1S/C21H15N2OS.C12H10N.Ir/c1-11-7-8-15-14-5-4-6-16(20(14)24-21(15)23-11)18-9-17-12(2)13(3)25-19(17)10-22-18;1-10-7-8-12(13-9-10)11-5-3-2-4-6-11;/h4-5,7-10H,1-3H3;2-5,7-9H,1H3;/q2*-1;. The van der Waals surface area contributed by atoms with E-state index in [-0.39, 0.29) is 20.1 Å². The number of rotatable bonds is 2. The molecule has 195 valence electrons. The monoisotopic (exact) mass is 704 g/mol. The van der Waals surface area contributed by atoms with Crippen LogP contribution in [0.25, 0.3) is 54.7 Å². The molecule has 0 aliphatic heterocycles. The van der Waals surface area contributed by atoms with Gasteiger partial charge in [0.25, 0.3) is 0 Å². The van der Waals surface area contributed by atoms with E-state index < -0.39 is 0 Å². The Kier molecular flexibility index (Phi) is 7.71. The van der Waals surface area contributed by atoms with E-state index in [4.69, 9.17) is 4.42 Å². The van der Waals surface area contributed by atoms with Crippen molar-refractivity contribution < 1.29 is 24.5 Å². The van der Waals surface area contributed by atoms with Crippen LogP contribution < -0.4 is 0 Å². The fourth-order valence-electron chi connectivity index (χ4n) is 4.47. The van der Waals surface area contributed by atoms with Crippen molar-refractivity contribution in [3.63, 3.8) is 0 Å². The normalized spacial score (nSPS) is 10.9. The average molecular weight is 704 g/mol. The van der Waals surface area contributed by atoms with Crippen LogP contribution in [0.1, 0.15) is 21.7 Å². The van der Waals surface area contributed by atoms with Gasteiger partial charge in [-0.25, -0.2) is 4.98 Å². The second kappa shape index (κ2) is 11.2. The first-order valence-electron chi connectivity index (χ1n) is 12.4. The first-order chi connectivity index (χ1) is 18.5. The van der Waals surface area contributed by atoms with Gasteiger partial charge in [0, 0.05) is 48.5 Å². The van der Waals surface area contributed by atoms with Crippen molar-refractivity contribution in [1.82, 2.24) is 15.0 Å². The maximum atomic E-state index is 6.09. The van der Waals surface area contributed by atoms with Crippen LogP contribution in [0.2, 0.25) is 0 Å². The molecule has 4 nitrogen and oxygen atoms in total. The zero-order valence-corrected chi connectivity index (χ0v) is 25.2. The summed E-state index contributed by atoms with van der Waals surface area (Å²) in [4.78, 5) is 14.8. The SMILES string of the molecule is Cc1ccc(-c2[c-]cccc2)nc1.Cc1ccc2c(n1)oc1c(-c3cc4c(C)c(C)sc4cn3)[c-]ccc12.[Ir]. The van der Waals surface area contributed by atoms with E-state index in [0.717, 1.165) is 44.6 Å². The van der Waals surface area contributed by atoms with Gasteiger partial charge in [0.1, 0.15) is 0 Å². The van der Waals surface area contributed by atoms with Crippen LogP contribution in [0, 0.1) is 39.8 Å². The molecule has 0 atom stereocenters. The zero-order valence-electron chi connectivity index (χ0n) is 22.0. The molecule has 5 heterocycles. The molecule has 39 heavy (non-hydrogen) atoms. The Hall–Kier alpha value is -3.70. The largest absolute Gasteiger partial charge is 0.486 e. The van der Waals surface area contributed by atoms with Crippen LogP contribution in [-0.4, -0.2) is 15.0 Å². The van der Waals surface area contributed by atoms with E-state index in [1.807, 2.05) is 74.8 Å². The Labute approximate surface area is 245 Å². The number of fused-ring (bicyclic) bond motifs is 4. The van der Waals surface area contributed by atoms with Crippen LogP contribution in [0.4, 0.5) is 0 Å². The van der Waals surface area contributed by atoms with E-state index in [1.165, 1.54) is 26.1 Å². The third kappa shape index (κ3) is 5.28. The molecule has 0 N–H and O–H groups in total. The fraction of sp³-hybridized carbons (Fsp3) is 0.121. The summed E-state index contributed by atoms with van der Waals surface area (Å²) < 4.78 is 7.30. The molecular weight excluding hydrogens is 679 g/mol. The van der Waals surface area contributed by atoms with Crippen molar-refractivity contribution in [1.29, 1.82) is 0 Å². The van der Waals surface area contributed by atoms with Crippen molar-refractivity contribution in [2.45, 2.75) is 27.7 Å². The maximum absolute atomic E-state index is 6.09. The van der Waals surface area contributed by atoms with Gasteiger partial charge in [-0.3, -0.25) is 0 Å². The average Bonchev–Trinajstić information content (AvgIpc) is 3.45. The van der Waals surface area contributed by atoms with Gasteiger partial charge in [0.05, 0.1) is 10.3 Å². The van der Waals surface area contributed by atoms with Crippen LogP contribution in [0.3, 0.4) is 0 Å². The predicted molar refractivity (Wildman–Crippen MR) is 156 cm³/mol. The van der Waals surface area contributed by atoms with Gasteiger partial charge in [-0.2, -0.15) is 0 Å². The van der Waals surface area contributed by atoms with Crippen molar-refractivity contribution >= 4 is 43.5 Å². The molecule has 6 heteroatoms. The number of hydrogen-bond donors (Lipinski definition) is 0. The van der Waals surface area contributed by atoms with Gasteiger partial charge < -0.3 is 14.4 Å². The Bertz CT molecular complexity index is 1910. The van der Waals surface area contributed by atoms with Gasteiger partial charge in [-0.1, -0.05) is 29.1 Å². The number of aromatic nitrogens is 3. The zero-order chi connectivity index (χ0) is 26.2. The number of aryl methyl sites for hydroxylation is 4. The minimum Gasteiger partial charge on any atom is -0.486 e. The summed E-state index contributed by atoms with van der Waals surface area (Å²) in [6, 6.07) is 28.6. The number of nitrogens with zero attached hydrogens (tertiary/aromatic N) is 3. The smallest absolute Gasteiger partial charge is 0.216 e. The van der Waals surface area contributed by atoms with E-state index >= 15 is 0 Å². The molecular formula is C33H25IrN3OS-2. The molecule has 0 fully saturated rings. The van der Waals surface area contributed by atoms with Gasteiger partial charge >= 0.3 is 0 Å². The van der Waals surface area contributed by atoms with Gasteiger partial charge in [-0.15, -0.1) is 65.4 Å². The van der Waals surface area contributed by atoms with E-state index in [2.05, 4.69) is 59.1 Å². The minimum absolute atomic E-state index is 0. The van der Waals surface area contributed by atoms with Crippen LogP contribution in [0.15, 0.2) is 83.5 Å². The van der Waals surface area contributed by atoms with E-state index in [1.54, 1.807) is 11.3 Å². The van der Waals surface area contributed by atoms with Crippen LogP contribution >= 0.6 is 11.3 Å². The quantitative estimate of drug-likeness (QED) is 0.169. The van der Waals surface area contributed by atoms with Crippen LogP contribution in [0.5, 0.6) is 0 Å². The Morgan fingerprint density at radius 1 is 0.769 bits per heavy atom. The summed E-state index contributed by atoms with van der Waals surface area (Å²) in [5, 5.41) is 3.33. The summed E-state index contributed by atoms with van der Waals surface area (Å²) in [5.41, 5.74) is 8.70. The fourth-order valence-corrected chi connectivity index (χ4v) is 5.49. The van der Waals surface area contributed by atoms with Crippen molar-refractivity contribution in [3.8, 4) is 22.5 Å². The van der Waals surface area contributed by atoms with Crippen molar-refractivity contribution in [3.05, 3.63) is 113 Å². The second-order valence-corrected chi connectivity index (χ2v) is 10.6. The Morgan fingerprint density at radius 3 is 2.38 bits per heavy atom. The van der Waals surface area contributed by atoms with Crippen LogP contribution in [-0.2, 0) is 20.1 Å². The van der Waals surface area contributed by atoms with Crippen molar-refractivity contribution in [2.75, 3.05) is 0 Å². The molecule has 7 aromatic rings. The summed E-state index contributed by atoms with van der Waals surface area (Å²) in [7, 11) is 0. The molecule has 0 spiro atoms. The summed E-state index contributed by atoms with van der Waals surface area (Å²) in [5.74, 6) is 0. The molecule has 0 aliphatic carbocycles. The predicted octanol–water partition coefficient (Wildman–Crippen LogP) is 8.84. The summed E-state index contributed by atoms with van der Waals surface area (Å²) >= 11 is 1.79. The third-order valence-electron chi connectivity index (χ3n) is 6.65. The molecule has 0 aliphatic rings. The second-order valence-electron chi connectivity index (χ2n) is 9.35. The number of benzene rings is 2.